The van der Waals surface area contributed by atoms with E-state index < -0.39 is 0 Å². The van der Waals surface area contributed by atoms with Crippen molar-refractivity contribution >= 4 is 16.9 Å². The van der Waals surface area contributed by atoms with Gasteiger partial charge in [0.1, 0.15) is 0 Å². The first-order valence-electron chi connectivity index (χ1n) is 6.99. The molecule has 0 amide bonds. The average Bonchev–Trinajstić information content (AvgIpc) is 2.77. The summed E-state index contributed by atoms with van der Waals surface area (Å²) in [5.41, 5.74) is 2.87. The van der Waals surface area contributed by atoms with Gasteiger partial charge in [-0.3, -0.25) is 9.67 Å². The van der Waals surface area contributed by atoms with Gasteiger partial charge in [-0.2, -0.15) is 5.10 Å². The lowest BCUT2D eigenvalue weighted by molar-refractivity contribution is 0.318. The van der Waals surface area contributed by atoms with E-state index in [0.29, 0.717) is 5.41 Å². The van der Waals surface area contributed by atoms with Crippen LogP contribution in [0.2, 0.25) is 0 Å². The average molecular weight is 280 g/mol. The molecule has 0 fully saturated rings. The quantitative estimate of drug-likeness (QED) is 0.922. The van der Waals surface area contributed by atoms with Gasteiger partial charge < -0.3 is 5.32 Å². The fourth-order valence-electron chi connectivity index (χ4n) is 2.23. The summed E-state index contributed by atoms with van der Waals surface area (Å²) in [6, 6.07) is 0. The van der Waals surface area contributed by atoms with E-state index in [4.69, 9.17) is 4.99 Å². The van der Waals surface area contributed by atoms with Crippen molar-refractivity contribution in [3.05, 3.63) is 17.5 Å². The number of hydrogen-bond acceptors (Lipinski definition) is 4. The maximum absolute atomic E-state index is 4.72. The van der Waals surface area contributed by atoms with Crippen molar-refractivity contribution in [1.29, 1.82) is 0 Å². The van der Waals surface area contributed by atoms with Crippen LogP contribution in [0.5, 0.6) is 0 Å². The monoisotopic (exact) mass is 280 g/mol. The molecule has 0 spiro atoms. The molecule has 0 bridgehead atoms. The Balaban J connectivity index is 1.92. The molecule has 1 aliphatic rings. The summed E-state index contributed by atoms with van der Waals surface area (Å²) >= 11 is 1.86. The van der Waals surface area contributed by atoms with Crippen molar-refractivity contribution in [3.63, 3.8) is 0 Å². The number of rotatable bonds is 4. The topological polar surface area (TPSA) is 42.2 Å². The van der Waals surface area contributed by atoms with Gasteiger partial charge in [-0.05, 0) is 25.2 Å². The van der Waals surface area contributed by atoms with Gasteiger partial charge >= 0.3 is 0 Å². The van der Waals surface area contributed by atoms with Gasteiger partial charge in [-0.25, -0.2) is 0 Å². The van der Waals surface area contributed by atoms with E-state index in [1.54, 1.807) is 0 Å². The van der Waals surface area contributed by atoms with E-state index in [1.807, 2.05) is 29.7 Å². The van der Waals surface area contributed by atoms with Crippen LogP contribution in [0.3, 0.4) is 0 Å². The van der Waals surface area contributed by atoms with E-state index in [2.05, 4.69) is 31.2 Å². The highest BCUT2D eigenvalue weighted by Crippen LogP contribution is 2.34. The normalized spacial score (nSPS) is 18.2. The third-order valence-electron chi connectivity index (χ3n) is 4.34. The molecule has 0 aliphatic carbocycles. The molecule has 0 radical (unpaired) electrons. The van der Waals surface area contributed by atoms with Crippen molar-refractivity contribution in [2.75, 3.05) is 12.3 Å². The zero-order valence-electron chi connectivity index (χ0n) is 12.4. The van der Waals surface area contributed by atoms with Crippen LogP contribution in [0, 0.1) is 12.3 Å². The van der Waals surface area contributed by atoms with Crippen LogP contribution in [0.1, 0.15) is 37.9 Å². The lowest BCUT2D eigenvalue weighted by atomic mass is 9.84. The molecule has 4 nitrogen and oxygen atoms in total. The summed E-state index contributed by atoms with van der Waals surface area (Å²) in [5.74, 6) is 1.18. The number of hydrogen-bond donors (Lipinski definition) is 1. The van der Waals surface area contributed by atoms with Crippen LogP contribution in [0.15, 0.2) is 11.2 Å². The van der Waals surface area contributed by atoms with Gasteiger partial charge in [0.15, 0.2) is 5.17 Å². The fraction of sp³-hybridized carbons (Fsp3) is 0.714. The van der Waals surface area contributed by atoms with Crippen LogP contribution in [-0.2, 0) is 13.6 Å². The van der Waals surface area contributed by atoms with E-state index in [1.165, 1.54) is 29.9 Å². The Bertz CT molecular complexity index is 460. The highest BCUT2D eigenvalue weighted by molar-refractivity contribution is 8.13. The minimum absolute atomic E-state index is 0.417. The molecule has 0 atom stereocenters. The zero-order valence-corrected chi connectivity index (χ0v) is 13.2. The zero-order chi connectivity index (χ0) is 13.9. The maximum Gasteiger partial charge on any atom is 0.156 e. The van der Waals surface area contributed by atoms with Crippen molar-refractivity contribution in [2.45, 2.75) is 40.2 Å². The number of aromatic nitrogens is 2. The SMILES string of the molecule is CCC1(CC)CN=C(NCc2cnn(C)c2C)SC1. The van der Waals surface area contributed by atoms with E-state index >= 15 is 0 Å². The lowest BCUT2D eigenvalue weighted by Crippen LogP contribution is -2.34. The first kappa shape index (κ1) is 14.4. The van der Waals surface area contributed by atoms with Gasteiger partial charge in [0.05, 0.1) is 6.20 Å². The molecule has 1 aliphatic heterocycles. The molecule has 2 heterocycles. The molecular weight excluding hydrogens is 256 g/mol. The third-order valence-corrected chi connectivity index (χ3v) is 5.64. The first-order valence-corrected chi connectivity index (χ1v) is 7.97. The number of amidine groups is 1. The van der Waals surface area contributed by atoms with Crippen LogP contribution in [0.25, 0.3) is 0 Å². The second-order valence-corrected chi connectivity index (χ2v) is 6.31. The van der Waals surface area contributed by atoms with Gasteiger partial charge in [0.2, 0.25) is 0 Å². The Morgan fingerprint density at radius 2 is 2.16 bits per heavy atom. The molecule has 2 rings (SSSR count). The summed E-state index contributed by atoms with van der Waals surface area (Å²) in [6.07, 6.45) is 4.36. The molecule has 0 saturated heterocycles. The van der Waals surface area contributed by atoms with Crippen molar-refractivity contribution in [1.82, 2.24) is 15.1 Å². The highest BCUT2D eigenvalue weighted by atomic mass is 32.2. The number of nitrogens with zero attached hydrogens (tertiary/aromatic N) is 3. The summed E-state index contributed by atoms with van der Waals surface area (Å²) in [7, 11) is 1.97. The third kappa shape index (κ3) is 3.14. The van der Waals surface area contributed by atoms with Crippen LogP contribution >= 0.6 is 11.8 Å². The Labute approximate surface area is 120 Å². The first-order chi connectivity index (χ1) is 9.10. The van der Waals surface area contributed by atoms with Gasteiger partial charge in [-0.1, -0.05) is 25.6 Å². The number of aryl methyl sites for hydroxylation is 1. The Morgan fingerprint density at radius 3 is 2.63 bits per heavy atom. The fourth-order valence-corrected chi connectivity index (χ4v) is 3.50. The Morgan fingerprint density at radius 1 is 1.42 bits per heavy atom. The van der Waals surface area contributed by atoms with Gasteiger partial charge in [0, 0.05) is 37.1 Å². The summed E-state index contributed by atoms with van der Waals surface area (Å²) in [5, 5.41) is 8.78. The lowest BCUT2D eigenvalue weighted by Gasteiger charge is -2.33. The summed E-state index contributed by atoms with van der Waals surface area (Å²) in [4.78, 5) is 4.72. The molecular formula is C14H24N4S. The molecule has 1 aromatic heterocycles. The molecule has 19 heavy (non-hydrogen) atoms. The minimum Gasteiger partial charge on any atom is -0.361 e. The van der Waals surface area contributed by atoms with Crippen LogP contribution in [0.4, 0.5) is 0 Å². The molecule has 106 valence electrons. The smallest absolute Gasteiger partial charge is 0.156 e. The van der Waals surface area contributed by atoms with E-state index in [-0.39, 0.29) is 0 Å². The highest BCUT2D eigenvalue weighted by Gasteiger charge is 2.29. The Kier molecular flexibility index (Phi) is 4.55. The van der Waals surface area contributed by atoms with Gasteiger partial charge in [-0.15, -0.1) is 0 Å². The largest absolute Gasteiger partial charge is 0.361 e. The molecule has 0 aromatic carbocycles. The van der Waals surface area contributed by atoms with Crippen molar-refractivity contribution in [3.8, 4) is 0 Å². The van der Waals surface area contributed by atoms with Crippen molar-refractivity contribution in [2.24, 2.45) is 17.5 Å². The minimum atomic E-state index is 0.417. The summed E-state index contributed by atoms with van der Waals surface area (Å²) in [6.45, 7) is 8.42. The second-order valence-electron chi connectivity index (χ2n) is 5.35. The van der Waals surface area contributed by atoms with E-state index in [0.717, 1.165) is 18.3 Å². The molecule has 1 N–H and O–H groups in total. The van der Waals surface area contributed by atoms with Crippen LogP contribution in [-0.4, -0.2) is 27.2 Å². The molecule has 0 unspecified atom stereocenters. The maximum atomic E-state index is 4.72. The second kappa shape index (κ2) is 5.99. The summed E-state index contributed by atoms with van der Waals surface area (Å²) < 4.78 is 1.91. The van der Waals surface area contributed by atoms with E-state index in [9.17, 15) is 0 Å². The molecule has 1 aromatic rings. The number of nitrogens with one attached hydrogen (secondary N) is 1. The van der Waals surface area contributed by atoms with Crippen molar-refractivity contribution < 1.29 is 0 Å². The number of aliphatic imine (C=N–C) groups is 1. The Hall–Kier alpha value is -0.970. The van der Waals surface area contributed by atoms with Crippen LogP contribution < -0.4 is 5.32 Å². The number of thioether (sulfide) groups is 1. The standard InChI is InChI=1S/C14H24N4S/c1-5-14(6-2)9-16-13(19-10-14)15-7-12-8-17-18(4)11(12)3/h8H,5-7,9-10H2,1-4H3,(H,15,16). The predicted octanol–water partition coefficient (Wildman–Crippen LogP) is 2.73. The molecule has 5 heteroatoms. The van der Waals surface area contributed by atoms with Gasteiger partial charge in [0.25, 0.3) is 0 Å². The predicted molar refractivity (Wildman–Crippen MR) is 82.6 cm³/mol. The molecule has 0 saturated carbocycles.